The van der Waals surface area contributed by atoms with Gasteiger partial charge >= 0.3 is 0 Å². The van der Waals surface area contributed by atoms with Crippen molar-refractivity contribution in [1.29, 1.82) is 0 Å². The van der Waals surface area contributed by atoms with E-state index < -0.39 is 0 Å². The molecular weight excluding hydrogens is 366 g/mol. The molecule has 1 saturated heterocycles. The van der Waals surface area contributed by atoms with Gasteiger partial charge in [0, 0.05) is 12.6 Å². The smallest absolute Gasteiger partial charge is 0.247 e. The van der Waals surface area contributed by atoms with Crippen LogP contribution < -0.4 is 14.2 Å². The van der Waals surface area contributed by atoms with Gasteiger partial charge in [0.25, 0.3) is 0 Å². The predicted molar refractivity (Wildman–Crippen MR) is 103 cm³/mol. The number of hydrogen-bond acceptors (Lipinski definition) is 4. The van der Waals surface area contributed by atoms with Crippen molar-refractivity contribution in [2.45, 2.75) is 18.9 Å². The van der Waals surface area contributed by atoms with Crippen LogP contribution in [0.2, 0.25) is 5.02 Å². The fourth-order valence-corrected chi connectivity index (χ4v) is 3.82. The third-order valence-electron chi connectivity index (χ3n) is 4.90. The van der Waals surface area contributed by atoms with Crippen molar-refractivity contribution in [1.82, 2.24) is 4.90 Å². The number of ether oxygens (including phenoxy) is 3. The minimum absolute atomic E-state index is 0.0119. The fraction of sp³-hybridized carbons (Fsp3) is 0.286. The first-order valence-electron chi connectivity index (χ1n) is 8.87. The molecule has 1 amide bonds. The van der Waals surface area contributed by atoms with E-state index in [2.05, 4.69) is 0 Å². The van der Waals surface area contributed by atoms with E-state index >= 15 is 0 Å². The molecule has 2 aliphatic heterocycles. The molecule has 140 valence electrons. The third kappa shape index (κ3) is 3.60. The maximum atomic E-state index is 12.8. The Kier molecular flexibility index (Phi) is 4.94. The summed E-state index contributed by atoms with van der Waals surface area (Å²) in [5.74, 6) is 1.96. The average Bonchev–Trinajstić information content (AvgIpc) is 3.36. The molecule has 6 heteroatoms. The Balaban J connectivity index is 1.50. The van der Waals surface area contributed by atoms with Crippen LogP contribution in [0.5, 0.6) is 17.2 Å². The number of rotatable bonds is 4. The summed E-state index contributed by atoms with van der Waals surface area (Å²) in [5.41, 5.74) is 1.93. The highest BCUT2D eigenvalue weighted by molar-refractivity contribution is 6.32. The van der Waals surface area contributed by atoms with E-state index in [0.717, 1.165) is 36.3 Å². The van der Waals surface area contributed by atoms with Gasteiger partial charge in [0.05, 0.1) is 18.2 Å². The number of benzene rings is 2. The van der Waals surface area contributed by atoms with E-state index in [0.29, 0.717) is 16.5 Å². The van der Waals surface area contributed by atoms with Gasteiger partial charge in [0.15, 0.2) is 11.5 Å². The van der Waals surface area contributed by atoms with E-state index in [4.69, 9.17) is 25.8 Å². The Hall–Kier alpha value is -2.66. The van der Waals surface area contributed by atoms with Crippen molar-refractivity contribution >= 4 is 23.6 Å². The zero-order valence-electron chi connectivity index (χ0n) is 15.0. The molecule has 0 saturated carbocycles. The van der Waals surface area contributed by atoms with Crippen LogP contribution in [0.25, 0.3) is 6.08 Å². The van der Waals surface area contributed by atoms with Crippen LogP contribution in [0.3, 0.4) is 0 Å². The Morgan fingerprint density at radius 3 is 2.85 bits per heavy atom. The van der Waals surface area contributed by atoms with E-state index in [1.165, 1.54) is 0 Å². The van der Waals surface area contributed by atoms with Crippen molar-refractivity contribution in [3.63, 3.8) is 0 Å². The maximum absolute atomic E-state index is 12.8. The lowest BCUT2D eigenvalue weighted by atomic mass is 10.0. The molecule has 0 N–H and O–H groups in total. The Morgan fingerprint density at radius 2 is 2.07 bits per heavy atom. The highest BCUT2D eigenvalue weighted by atomic mass is 35.5. The van der Waals surface area contributed by atoms with Crippen molar-refractivity contribution < 1.29 is 19.0 Å². The van der Waals surface area contributed by atoms with Gasteiger partial charge in [-0.1, -0.05) is 23.7 Å². The largest absolute Gasteiger partial charge is 0.497 e. The predicted octanol–water partition coefficient (Wildman–Crippen LogP) is 4.45. The summed E-state index contributed by atoms with van der Waals surface area (Å²) >= 11 is 6.20. The quantitative estimate of drug-likeness (QED) is 0.729. The van der Waals surface area contributed by atoms with Crippen molar-refractivity contribution in [3.8, 4) is 17.2 Å². The molecule has 2 aliphatic rings. The van der Waals surface area contributed by atoms with Crippen LogP contribution in [0.1, 0.15) is 30.0 Å². The second-order valence-corrected chi connectivity index (χ2v) is 6.94. The van der Waals surface area contributed by atoms with Crippen molar-refractivity contribution in [2.24, 2.45) is 0 Å². The van der Waals surface area contributed by atoms with Gasteiger partial charge < -0.3 is 19.1 Å². The summed E-state index contributed by atoms with van der Waals surface area (Å²) in [5, 5.41) is 0.481. The lowest BCUT2D eigenvalue weighted by molar-refractivity contribution is -0.126. The van der Waals surface area contributed by atoms with Gasteiger partial charge in [-0.3, -0.25) is 4.79 Å². The first kappa shape index (κ1) is 17.7. The average molecular weight is 386 g/mol. The molecule has 5 nitrogen and oxygen atoms in total. The van der Waals surface area contributed by atoms with E-state index in [1.54, 1.807) is 25.3 Å². The number of hydrogen-bond donors (Lipinski definition) is 0. The molecule has 1 fully saturated rings. The van der Waals surface area contributed by atoms with Crippen LogP contribution in [-0.2, 0) is 4.79 Å². The highest BCUT2D eigenvalue weighted by Gasteiger charge is 2.28. The zero-order chi connectivity index (χ0) is 18.8. The minimum Gasteiger partial charge on any atom is -0.497 e. The topological polar surface area (TPSA) is 48.0 Å². The van der Waals surface area contributed by atoms with E-state index in [1.807, 2.05) is 35.2 Å². The Morgan fingerprint density at radius 1 is 1.26 bits per heavy atom. The third-order valence-corrected chi connectivity index (χ3v) is 5.19. The molecule has 0 aliphatic carbocycles. The molecule has 0 spiro atoms. The molecule has 27 heavy (non-hydrogen) atoms. The molecule has 2 heterocycles. The molecule has 0 radical (unpaired) electrons. The van der Waals surface area contributed by atoms with Crippen molar-refractivity contribution in [2.75, 3.05) is 20.4 Å². The van der Waals surface area contributed by atoms with E-state index in [9.17, 15) is 4.79 Å². The molecule has 2 aromatic carbocycles. The van der Waals surface area contributed by atoms with Gasteiger partial charge in [0.1, 0.15) is 5.75 Å². The molecule has 2 aromatic rings. The van der Waals surface area contributed by atoms with Gasteiger partial charge in [-0.15, -0.1) is 0 Å². The first-order chi connectivity index (χ1) is 13.2. The lowest BCUT2D eigenvalue weighted by Gasteiger charge is -2.24. The minimum atomic E-state index is -0.0119. The molecule has 4 rings (SSSR count). The number of carbonyl (C=O) groups is 1. The molecule has 0 bridgehead atoms. The zero-order valence-corrected chi connectivity index (χ0v) is 15.7. The number of methoxy groups -OCH3 is 1. The van der Waals surface area contributed by atoms with Crippen LogP contribution in [-0.4, -0.2) is 31.3 Å². The van der Waals surface area contributed by atoms with Crippen LogP contribution in [0.4, 0.5) is 0 Å². The van der Waals surface area contributed by atoms with Crippen LogP contribution in [0, 0.1) is 0 Å². The van der Waals surface area contributed by atoms with Gasteiger partial charge in [-0.25, -0.2) is 0 Å². The lowest BCUT2D eigenvalue weighted by Crippen LogP contribution is -2.28. The molecule has 1 unspecified atom stereocenters. The summed E-state index contributed by atoms with van der Waals surface area (Å²) < 4.78 is 15.9. The summed E-state index contributed by atoms with van der Waals surface area (Å²) in [6.45, 7) is 0.917. The summed E-state index contributed by atoms with van der Waals surface area (Å²) in [6.07, 6.45) is 5.31. The molecular formula is C21H20ClNO4. The monoisotopic (exact) mass is 385 g/mol. The molecule has 0 aromatic heterocycles. The highest BCUT2D eigenvalue weighted by Crippen LogP contribution is 2.40. The number of halogens is 1. The second kappa shape index (κ2) is 7.53. The van der Waals surface area contributed by atoms with Crippen molar-refractivity contribution in [3.05, 3.63) is 58.6 Å². The number of carbonyl (C=O) groups excluding carboxylic acids is 1. The SMILES string of the molecule is COc1ccc(C2CCCN2C(=O)C=Cc2cc(Cl)c3c(c2)OCO3)cc1. The van der Waals surface area contributed by atoms with Crippen LogP contribution in [0.15, 0.2) is 42.5 Å². The number of fused-ring (bicyclic) bond motifs is 1. The summed E-state index contributed by atoms with van der Waals surface area (Å²) in [4.78, 5) is 14.7. The molecule has 1 atom stereocenters. The summed E-state index contributed by atoms with van der Waals surface area (Å²) in [6, 6.07) is 11.6. The van der Waals surface area contributed by atoms with Gasteiger partial charge in [-0.05, 0) is 54.3 Å². The Labute approximate surface area is 163 Å². The maximum Gasteiger partial charge on any atom is 0.247 e. The standard InChI is InChI=1S/C21H20ClNO4/c1-25-16-7-5-15(6-8-16)18-3-2-10-23(18)20(24)9-4-14-11-17(22)21-19(12-14)26-13-27-21/h4-9,11-12,18H,2-3,10,13H2,1H3. The normalized spacial score (nSPS) is 18.3. The number of amides is 1. The summed E-state index contributed by atoms with van der Waals surface area (Å²) in [7, 11) is 1.65. The first-order valence-corrected chi connectivity index (χ1v) is 9.25. The van der Waals surface area contributed by atoms with Crippen LogP contribution >= 0.6 is 11.6 Å². The Bertz CT molecular complexity index is 878. The second-order valence-electron chi connectivity index (χ2n) is 6.53. The fourth-order valence-electron chi connectivity index (χ4n) is 3.55. The number of nitrogens with zero attached hydrogens (tertiary/aromatic N) is 1. The van der Waals surface area contributed by atoms with Gasteiger partial charge in [-0.2, -0.15) is 0 Å². The number of likely N-dealkylation sites (tertiary alicyclic amines) is 1. The van der Waals surface area contributed by atoms with E-state index in [-0.39, 0.29) is 18.7 Å². The van der Waals surface area contributed by atoms with Gasteiger partial charge in [0.2, 0.25) is 12.7 Å².